The van der Waals surface area contributed by atoms with Gasteiger partial charge in [0, 0.05) is 35.2 Å². The maximum Gasteiger partial charge on any atom is 0.160 e. The fourth-order valence-electron chi connectivity index (χ4n) is 4.85. The molecule has 0 aliphatic carbocycles. The van der Waals surface area contributed by atoms with E-state index in [4.69, 9.17) is 5.73 Å². The maximum atomic E-state index is 6.06. The maximum absolute atomic E-state index is 6.06. The Kier molecular flexibility index (Phi) is 4.81. The van der Waals surface area contributed by atoms with Gasteiger partial charge in [-0.25, -0.2) is 9.97 Å². The van der Waals surface area contributed by atoms with Crippen molar-refractivity contribution in [3.63, 3.8) is 0 Å². The highest BCUT2D eigenvalue weighted by atomic mass is 15.1. The Labute approximate surface area is 197 Å². The number of benzene rings is 3. The number of aromatic nitrogens is 4. The van der Waals surface area contributed by atoms with Crippen molar-refractivity contribution in [2.24, 2.45) is 0 Å². The Bertz CT molecular complexity index is 1650. The molecule has 0 saturated heterocycles. The van der Waals surface area contributed by atoms with Crippen molar-refractivity contribution in [2.45, 2.75) is 20.0 Å². The molecule has 0 atom stereocenters. The zero-order valence-electron chi connectivity index (χ0n) is 19.3. The van der Waals surface area contributed by atoms with Gasteiger partial charge in [-0.3, -0.25) is 4.90 Å². The van der Waals surface area contributed by atoms with Gasteiger partial charge in [0.25, 0.3) is 0 Å². The normalized spacial score (nSPS) is 11.9. The summed E-state index contributed by atoms with van der Waals surface area (Å²) in [7, 11) is 2.17. The number of H-pyrrole nitrogens is 2. The van der Waals surface area contributed by atoms with Crippen LogP contribution in [0.15, 0.2) is 72.8 Å². The van der Waals surface area contributed by atoms with Crippen LogP contribution in [-0.4, -0.2) is 31.9 Å². The van der Waals surface area contributed by atoms with Gasteiger partial charge in [0.1, 0.15) is 17.2 Å². The van der Waals surface area contributed by atoms with Crippen molar-refractivity contribution in [1.82, 2.24) is 24.8 Å². The summed E-state index contributed by atoms with van der Waals surface area (Å²) in [6.07, 6.45) is 0. The van der Waals surface area contributed by atoms with Crippen LogP contribution in [0.4, 0.5) is 5.82 Å². The highest BCUT2D eigenvalue weighted by Crippen LogP contribution is 2.31. The summed E-state index contributed by atoms with van der Waals surface area (Å²) in [6.45, 7) is 3.68. The lowest BCUT2D eigenvalue weighted by Gasteiger charge is -2.18. The van der Waals surface area contributed by atoms with Crippen molar-refractivity contribution in [3.8, 4) is 11.3 Å². The Morgan fingerprint density at radius 2 is 1.71 bits per heavy atom. The van der Waals surface area contributed by atoms with Gasteiger partial charge in [-0.05, 0) is 60.1 Å². The average molecular weight is 447 g/mol. The minimum atomic E-state index is 0.473. The van der Waals surface area contributed by atoms with Crippen LogP contribution in [0.3, 0.4) is 0 Å². The molecule has 34 heavy (non-hydrogen) atoms. The predicted octanol–water partition coefficient (Wildman–Crippen LogP) is 5.78. The molecule has 0 spiro atoms. The van der Waals surface area contributed by atoms with E-state index in [1.165, 1.54) is 27.3 Å². The highest BCUT2D eigenvalue weighted by Gasteiger charge is 2.13. The van der Waals surface area contributed by atoms with Crippen LogP contribution in [0.2, 0.25) is 0 Å². The van der Waals surface area contributed by atoms with Gasteiger partial charge in [-0.2, -0.15) is 0 Å². The van der Waals surface area contributed by atoms with E-state index in [0.29, 0.717) is 11.5 Å². The second-order valence-electron chi connectivity index (χ2n) is 9.03. The van der Waals surface area contributed by atoms with Crippen molar-refractivity contribution in [3.05, 3.63) is 89.7 Å². The first-order chi connectivity index (χ1) is 16.5. The van der Waals surface area contributed by atoms with Gasteiger partial charge in [0.15, 0.2) is 5.65 Å². The molecule has 0 aliphatic rings. The number of pyridine rings is 1. The largest absolute Gasteiger partial charge is 0.384 e. The fraction of sp³-hybridized carbons (Fsp3) is 0.143. The first kappa shape index (κ1) is 20.4. The quantitative estimate of drug-likeness (QED) is 0.313. The molecule has 4 N–H and O–H groups in total. The van der Waals surface area contributed by atoms with Crippen molar-refractivity contribution in [1.29, 1.82) is 0 Å². The summed E-state index contributed by atoms with van der Waals surface area (Å²) < 4.78 is 0. The molecule has 6 heteroatoms. The van der Waals surface area contributed by atoms with Crippen LogP contribution in [0.1, 0.15) is 17.0 Å². The van der Waals surface area contributed by atoms with Gasteiger partial charge in [0.05, 0.1) is 0 Å². The average Bonchev–Trinajstić information content (AvgIpc) is 3.41. The van der Waals surface area contributed by atoms with Crippen molar-refractivity contribution < 1.29 is 0 Å². The Balaban J connectivity index is 1.28. The molecule has 0 amide bonds. The minimum Gasteiger partial charge on any atom is -0.384 e. The van der Waals surface area contributed by atoms with E-state index in [1.54, 1.807) is 0 Å². The van der Waals surface area contributed by atoms with Crippen LogP contribution < -0.4 is 5.73 Å². The topological polar surface area (TPSA) is 86.6 Å². The summed E-state index contributed by atoms with van der Waals surface area (Å²) in [5.41, 5.74) is 13.3. The molecule has 0 aliphatic heterocycles. The van der Waals surface area contributed by atoms with Gasteiger partial charge < -0.3 is 15.7 Å². The van der Waals surface area contributed by atoms with Crippen molar-refractivity contribution >= 4 is 38.7 Å². The standard InChI is InChI=1S/C28H26N6/c1-17-30-27-23(14-26(29)33-28(27)31-17)25-13-21-12-18(10-11-24(21)32-25)15-34(2)16-20-8-5-7-19-6-3-4-9-22(19)20/h3-14,32H,15-16H2,1-2H3,(H3,29,30,31,33). The predicted molar refractivity (Wildman–Crippen MR) is 139 cm³/mol. The second-order valence-corrected chi connectivity index (χ2v) is 9.03. The van der Waals surface area contributed by atoms with E-state index >= 15 is 0 Å². The lowest BCUT2D eigenvalue weighted by atomic mass is 10.0. The SMILES string of the molecule is Cc1nc2c(-c3cc4cc(CN(C)Cc5cccc6ccccc56)ccc4[nH]3)cc(N)nc2[nH]1. The Hall–Kier alpha value is -4.16. The molecule has 6 rings (SSSR count). The molecule has 0 saturated carbocycles. The van der Waals surface area contributed by atoms with E-state index in [2.05, 4.69) is 98.6 Å². The lowest BCUT2D eigenvalue weighted by molar-refractivity contribution is 0.320. The molecule has 0 unspecified atom stereocenters. The third kappa shape index (κ3) is 3.68. The van der Waals surface area contributed by atoms with Crippen molar-refractivity contribution in [2.75, 3.05) is 12.8 Å². The first-order valence-corrected chi connectivity index (χ1v) is 11.4. The lowest BCUT2D eigenvalue weighted by Crippen LogP contribution is -2.17. The third-order valence-corrected chi connectivity index (χ3v) is 6.34. The molecule has 3 aromatic carbocycles. The molecule has 0 fully saturated rings. The summed E-state index contributed by atoms with van der Waals surface area (Å²) in [6, 6.07) is 25.8. The zero-order chi connectivity index (χ0) is 23.2. The molecule has 168 valence electrons. The number of nitrogens with zero attached hydrogens (tertiary/aromatic N) is 3. The van der Waals surface area contributed by atoms with Crippen LogP contribution in [0.5, 0.6) is 0 Å². The number of nitrogen functional groups attached to an aromatic ring is 1. The summed E-state index contributed by atoms with van der Waals surface area (Å²) in [5.74, 6) is 1.29. The van der Waals surface area contributed by atoms with Gasteiger partial charge in [-0.1, -0.05) is 48.5 Å². The summed E-state index contributed by atoms with van der Waals surface area (Å²) >= 11 is 0. The van der Waals surface area contributed by atoms with E-state index in [0.717, 1.165) is 41.2 Å². The van der Waals surface area contributed by atoms with E-state index in [9.17, 15) is 0 Å². The summed E-state index contributed by atoms with van der Waals surface area (Å²) in [4.78, 5) is 18.1. The van der Waals surface area contributed by atoms with E-state index < -0.39 is 0 Å². The third-order valence-electron chi connectivity index (χ3n) is 6.34. The van der Waals surface area contributed by atoms with Crippen LogP contribution in [0, 0.1) is 6.92 Å². The number of nitrogens with one attached hydrogen (secondary N) is 2. The monoisotopic (exact) mass is 446 g/mol. The molecular weight excluding hydrogens is 420 g/mol. The molecule has 6 nitrogen and oxygen atoms in total. The fourth-order valence-corrected chi connectivity index (χ4v) is 4.85. The number of rotatable bonds is 5. The molecule has 0 bridgehead atoms. The second kappa shape index (κ2) is 8.01. The van der Waals surface area contributed by atoms with Crippen LogP contribution in [0.25, 0.3) is 44.1 Å². The number of nitrogens with two attached hydrogens (primary N) is 1. The zero-order valence-corrected chi connectivity index (χ0v) is 19.3. The summed E-state index contributed by atoms with van der Waals surface area (Å²) in [5, 5.41) is 3.77. The van der Waals surface area contributed by atoms with Gasteiger partial charge in [0.2, 0.25) is 0 Å². The minimum absolute atomic E-state index is 0.473. The van der Waals surface area contributed by atoms with E-state index in [1.807, 2.05) is 13.0 Å². The molecular formula is C28H26N6. The Morgan fingerprint density at radius 3 is 2.62 bits per heavy atom. The first-order valence-electron chi connectivity index (χ1n) is 11.4. The number of aryl methyl sites for hydroxylation is 1. The van der Waals surface area contributed by atoms with Crippen LogP contribution in [-0.2, 0) is 13.1 Å². The van der Waals surface area contributed by atoms with Crippen LogP contribution >= 0.6 is 0 Å². The molecule has 3 heterocycles. The Morgan fingerprint density at radius 1 is 0.853 bits per heavy atom. The van der Waals surface area contributed by atoms with E-state index in [-0.39, 0.29) is 0 Å². The molecule has 0 radical (unpaired) electrons. The number of aromatic amines is 2. The number of anilines is 1. The molecule has 3 aromatic heterocycles. The number of imidazole rings is 1. The number of hydrogen-bond acceptors (Lipinski definition) is 4. The number of fused-ring (bicyclic) bond motifs is 3. The molecule has 6 aromatic rings. The highest BCUT2D eigenvalue weighted by molar-refractivity contribution is 5.95. The van der Waals surface area contributed by atoms with Gasteiger partial charge >= 0.3 is 0 Å². The number of hydrogen-bond donors (Lipinski definition) is 3. The smallest absolute Gasteiger partial charge is 0.160 e. The van der Waals surface area contributed by atoms with Gasteiger partial charge in [-0.15, -0.1) is 0 Å².